The summed E-state index contributed by atoms with van der Waals surface area (Å²) in [6, 6.07) is 12.2. The maximum atomic E-state index is 12.3. The third-order valence-electron chi connectivity index (χ3n) is 7.03. The molecule has 10 nitrogen and oxygen atoms in total. The van der Waals surface area contributed by atoms with E-state index in [1.807, 2.05) is 48.3 Å². The quantitative estimate of drug-likeness (QED) is 0.358. The first kappa shape index (κ1) is 25.2. The van der Waals surface area contributed by atoms with Crippen LogP contribution >= 0.6 is 0 Å². The van der Waals surface area contributed by atoms with Gasteiger partial charge in [0.1, 0.15) is 17.9 Å². The van der Waals surface area contributed by atoms with Crippen LogP contribution in [-0.4, -0.2) is 70.4 Å². The van der Waals surface area contributed by atoms with Crippen LogP contribution in [0.5, 0.6) is 5.75 Å². The number of nitrogens with zero attached hydrogens (tertiary/aromatic N) is 6. The molecule has 3 heterocycles. The van der Waals surface area contributed by atoms with Crippen LogP contribution in [0, 0.1) is 0 Å². The monoisotopic (exact) mass is 512 g/mol. The molecule has 0 radical (unpaired) electrons. The number of likely N-dealkylation sites (N-methyl/N-ethyl adjacent to an activating group) is 1. The number of anilines is 4. The average molecular weight is 513 g/mol. The van der Waals surface area contributed by atoms with Gasteiger partial charge in [0.05, 0.1) is 41.6 Å². The molecule has 1 aliphatic heterocycles. The lowest BCUT2D eigenvalue weighted by Gasteiger charge is -2.39. The lowest BCUT2D eigenvalue weighted by molar-refractivity contribution is -0.111. The van der Waals surface area contributed by atoms with Crippen molar-refractivity contribution in [1.82, 2.24) is 24.6 Å². The SMILES string of the molecule is C=CC(=O)Nc1cc(Nc2cc(-c3ccc4c(cnn4C)c3)ncn2)c(OC)cc1N1CCN(C)[C@H](C)C1. The van der Waals surface area contributed by atoms with Crippen molar-refractivity contribution < 1.29 is 9.53 Å². The summed E-state index contributed by atoms with van der Waals surface area (Å²) in [5, 5.41) is 11.7. The minimum absolute atomic E-state index is 0.278. The predicted octanol–water partition coefficient (Wildman–Crippen LogP) is 4.05. The van der Waals surface area contributed by atoms with E-state index in [0.29, 0.717) is 29.0 Å². The van der Waals surface area contributed by atoms with Crippen LogP contribution in [0.3, 0.4) is 0 Å². The number of fused-ring (bicyclic) bond motifs is 1. The Kier molecular flexibility index (Phi) is 6.97. The van der Waals surface area contributed by atoms with E-state index >= 15 is 0 Å². The third-order valence-corrected chi connectivity index (χ3v) is 7.03. The Balaban J connectivity index is 1.48. The van der Waals surface area contributed by atoms with Crippen molar-refractivity contribution >= 4 is 39.7 Å². The third kappa shape index (κ3) is 5.03. The molecule has 196 valence electrons. The maximum absolute atomic E-state index is 12.3. The summed E-state index contributed by atoms with van der Waals surface area (Å²) in [5.74, 6) is 0.960. The van der Waals surface area contributed by atoms with Crippen molar-refractivity contribution in [2.45, 2.75) is 13.0 Å². The Hall–Kier alpha value is -4.44. The molecule has 5 rings (SSSR count). The van der Waals surface area contributed by atoms with Crippen LogP contribution in [0.25, 0.3) is 22.2 Å². The Morgan fingerprint density at radius 2 is 1.97 bits per heavy atom. The molecule has 0 saturated carbocycles. The van der Waals surface area contributed by atoms with Gasteiger partial charge in [-0.05, 0) is 38.2 Å². The van der Waals surface area contributed by atoms with E-state index in [2.05, 4.69) is 62.1 Å². The number of carbonyl (C=O) groups excluding carboxylic acids is 1. The minimum Gasteiger partial charge on any atom is -0.494 e. The van der Waals surface area contributed by atoms with Crippen LogP contribution < -0.4 is 20.3 Å². The second-order valence-corrected chi connectivity index (χ2v) is 9.49. The number of aromatic nitrogens is 4. The Morgan fingerprint density at radius 1 is 1.13 bits per heavy atom. The van der Waals surface area contributed by atoms with Gasteiger partial charge in [-0.15, -0.1) is 0 Å². The van der Waals surface area contributed by atoms with E-state index in [0.717, 1.165) is 47.5 Å². The van der Waals surface area contributed by atoms with Gasteiger partial charge in [-0.1, -0.05) is 12.6 Å². The molecule has 2 N–H and O–H groups in total. The molecule has 2 aromatic carbocycles. The molecule has 0 unspecified atom stereocenters. The highest BCUT2D eigenvalue weighted by Crippen LogP contribution is 2.39. The number of benzene rings is 2. The number of ether oxygens (including phenoxy) is 1. The Labute approximate surface area is 221 Å². The lowest BCUT2D eigenvalue weighted by atomic mass is 10.1. The summed E-state index contributed by atoms with van der Waals surface area (Å²) in [6.07, 6.45) is 4.63. The van der Waals surface area contributed by atoms with Crippen molar-refractivity contribution in [3.8, 4) is 17.0 Å². The van der Waals surface area contributed by atoms with E-state index in [9.17, 15) is 4.79 Å². The van der Waals surface area contributed by atoms with E-state index in [4.69, 9.17) is 4.74 Å². The van der Waals surface area contributed by atoms with Crippen LogP contribution in [0.2, 0.25) is 0 Å². The second kappa shape index (κ2) is 10.5. The average Bonchev–Trinajstić information content (AvgIpc) is 3.30. The van der Waals surface area contributed by atoms with Crippen LogP contribution in [0.4, 0.5) is 22.9 Å². The van der Waals surface area contributed by atoms with Crippen molar-refractivity contribution in [3.05, 3.63) is 61.6 Å². The summed E-state index contributed by atoms with van der Waals surface area (Å²) in [5.41, 5.74) is 5.03. The molecule has 1 amide bonds. The molecule has 1 saturated heterocycles. The number of piperazine rings is 1. The molecule has 1 fully saturated rings. The molecule has 0 bridgehead atoms. The molecule has 1 aliphatic rings. The molecular weight excluding hydrogens is 480 g/mol. The van der Waals surface area contributed by atoms with Crippen LogP contribution in [0.15, 0.2) is 61.6 Å². The molecule has 0 spiro atoms. The first-order chi connectivity index (χ1) is 18.4. The zero-order valence-electron chi connectivity index (χ0n) is 22.1. The Bertz CT molecular complexity index is 1500. The van der Waals surface area contributed by atoms with E-state index in [-0.39, 0.29) is 5.91 Å². The number of nitrogens with one attached hydrogen (secondary N) is 2. The van der Waals surface area contributed by atoms with Crippen molar-refractivity contribution in [3.63, 3.8) is 0 Å². The summed E-state index contributed by atoms with van der Waals surface area (Å²) in [6.45, 7) is 8.40. The smallest absolute Gasteiger partial charge is 0.247 e. The highest BCUT2D eigenvalue weighted by Gasteiger charge is 2.24. The minimum atomic E-state index is -0.278. The van der Waals surface area contributed by atoms with Crippen molar-refractivity contribution in [1.29, 1.82) is 0 Å². The number of hydrogen-bond donors (Lipinski definition) is 2. The first-order valence-electron chi connectivity index (χ1n) is 12.5. The normalized spacial score (nSPS) is 15.9. The van der Waals surface area contributed by atoms with Crippen LogP contribution in [-0.2, 0) is 11.8 Å². The molecule has 38 heavy (non-hydrogen) atoms. The van der Waals surface area contributed by atoms with Gasteiger partial charge in [-0.2, -0.15) is 5.10 Å². The molecule has 0 aliphatic carbocycles. The topological polar surface area (TPSA) is 100 Å². The number of aryl methyl sites for hydroxylation is 1. The van der Waals surface area contributed by atoms with E-state index < -0.39 is 0 Å². The van der Waals surface area contributed by atoms with Gasteiger partial charge < -0.3 is 25.2 Å². The van der Waals surface area contributed by atoms with Gasteiger partial charge in [0.25, 0.3) is 0 Å². The number of hydrogen-bond acceptors (Lipinski definition) is 8. The summed E-state index contributed by atoms with van der Waals surface area (Å²) < 4.78 is 7.60. The van der Waals surface area contributed by atoms with E-state index in [1.165, 1.54) is 12.4 Å². The summed E-state index contributed by atoms with van der Waals surface area (Å²) >= 11 is 0. The number of rotatable bonds is 7. The van der Waals surface area contributed by atoms with Gasteiger partial charge in [0, 0.05) is 55.8 Å². The van der Waals surface area contributed by atoms with Crippen molar-refractivity contribution in [2.24, 2.45) is 7.05 Å². The fourth-order valence-corrected chi connectivity index (χ4v) is 4.69. The van der Waals surface area contributed by atoms with Crippen LogP contribution in [0.1, 0.15) is 6.92 Å². The fourth-order valence-electron chi connectivity index (χ4n) is 4.69. The molecule has 10 heteroatoms. The molecule has 2 aromatic heterocycles. The first-order valence-corrected chi connectivity index (χ1v) is 12.5. The van der Waals surface area contributed by atoms with Gasteiger partial charge in [-0.25, -0.2) is 9.97 Å². The highest BCUT2D eigenvalue weighted by molar-refractivity contribution is 6.02. The zero-order valence-corrected chi connectivity index (χ0v) is 22.1. The lowest BCUT2D eigenvalue weighted by Crippen LogP contribution is -2.50. The second-order valence-electron chi connectivity index (χ2n) is 9.49. The van der Waals surface area contributed by atoms with Gasteiger partial charge >= 0.3 is 0 Å². The summed E-state index contributed by atoms with van der Waals surface area (Å²) in [4.78, 5) is 25.8. The number of carbonyl (C=O) groups is 1. The Morgan fingerprint density at radius 3 is 2.74 bits per heavy atom. The molecule has 4 aromatic rings. The van der Waals surface area contributed by atoms with Gasteiger partial charge in [0.15, 0.2) is 0 Å². The highest BCUT2D eigenvalue weighted by atomic mass is 16.5. The summed E-state index contributed by atoms with van der Waals surface area (Å²) in [7, 11) is 5.68. The van der Waals surface area contributed by atoms with E-state index in [1.54, 1.807) is 7.11 Å². The molecule has 1 atom stereocenters. The fraction of sp³-hybridized carbons (Fsp3) is 0.286. The predicted molar refractivity (Wildman–Crippen MR) is 151 cm³/mol. The van der Waals surface area contributed by atoms with Gasteiger partial charge in [-0.3, -0.25) is 9.48 Å². The number of methoxy groups -OCH3 is 1. The van der Waals surface area contributed by atoms with Gasteiger partial charge in [0.2, 0.25) is 5.91 Å². The molecular formula is C28H32N8O2. The maximum Gasteiger partial charge on any atom is 0.247 e. The zero-order chi connectivity index (χ0) is 26.8. The largest absolute Gasteiger partial charge is 0.494 e. The van der Waals surface area contributed by atoms with Crippen molar-refractivity contribution in [2.75, 3.05) is 49.3 Å². The standard InChI is InChI=1S/C28H32N8O2/c1-6-28(37)33-22-12-23(26(38-5)14-25(22)36-10-9-34(3)18(2)16-36)32-27-13-21(29-17-30-27)19-7-8-24-20(11-19)15-31-35(24)4/h6-8,11-15,17-18H,1,9-10,16H2,2-5H3,(H,33,37)(H,29,30,32)/t18-/m1/s1. The number of amides is 1.